The smallest absolute Gasteiger partial charge is 0.194 e. The quantitative estimate of drug-likeness (QED) is 0.277. The second-order valence-corrected chi connectivity index (χ2v) is 7.76. The summed E-state index contributed by atoms with van der Waals surface area (Å²) in [5, 5.41) is 1.04. The summed E-state index contributed by atoms with van der Waals surface area (Å²) in [6.07, 6.45) is 0. The average molecular weight is 433 g/mol. The molecule has 148 valence electrons. The first kappa shape index (κ1) is 20.0. The lowest BCUT2D eigenvalue weighted by Crippen LogP contribution is -2.07. The Morgan fingerprint density at radius 3 is 1.37 bits per heavy atom. The van der Waals surface area contributed by atoms with Gasteiger partial charge in [-0.3, -0.25) is 4.79 Å². The van der Waals surface area contributed by atoms with Gasteiger partial charge in [0, 0.05) is 43.7 Å². The molecule has 4 aromatic carbocycles. The van der Waals surface area contributed by atoms with Crippen LogP contribution in [0.15, 0.2) is 84.9 Å². The summed E-state index contributed by atoms with van der Waals surface area (Å²) in [5.41, 5.74) is 17.3. The zero-order valence-corrected chi connectivity index (χ0v) is 17.4. The van der Waals surface area contributed by atoms with Gasteiger partial charge in [0.2, 0.25) is 0 Å². The average Bonchev–Trinajstić information content (AvgIpc) is 2.74. The summed E-state index contributed by atoms with van der Waals surface area (Å²) >= 11 is 12.5. The topological polar surface area (TPSA) is 69.1 Å². The van der Waals surface area contributed by atoms with Crippen molar-refractivity contribution in [2.75, 3.05) is 11.5 Å². The second-order valence-electron chi connectivity index (χ2n) is 6.88. The number of nitrogens with two attached hydrogens (primary N) is 2. The molecule has 3 nitrogen and oxygen atoms in total. The van der Waals surface area contributed by atoms with Crippen LogP contribution >= 0.6 is 23.2 Å². The van der Waals surface area contributed by atoms with Gasteiger partial charge in [-0.1, -0.05) is 59.6 Å². The lowest BCUT2D eigenvalue weighted by molar-refractivity contribution is 0.104. The van der Waals surface area contributed by atoms with E-state index in [1.54, 1.807) is 48.5 Å². The highest BCUT2D eigenvalue weighted by molar-refractivity contribution is 6.32. The number of hydrogen-bond donors (Lipinski definition) is 2. The summed E-state index contributed by atoms with van der Waals surface area (Å²) in [6, 6.07) is 25.1. The monoisotopic (exact) mass is 432 g/mol. The highest BCUT2D eigenvalue weighted by Crippen LogP contribution is 2.36. The Kier molecular flexibility index (Phi) is 5.49. The fourth-order valence-electron chi connectivity index (χ4n) is 3.50. The van der Waals surface area contributed by atoms with Crippen LogP contribution in [0.5, 0.6) is 0 Å². The van der Waals surface area contributed by atoms with Gasteiger partial charge < -0.3 is 11.5 Å². The number of halogens is 2. The number of carbonyl (C=O) groups is 1. The molecule has 4 N–H and O–H groups in total. The van der Waals surface area contributed by atoms with Gasteiger partial charge in [0.05, 0.1) is 0 Å². The molecule has 0 aliphatic heterocycles. The molecule has 0 unspecified atom stereocenters. The maximum atomic E-state index is 13.7. The van der Waals surface area contributed by atoms with Crippen molar-refractivity contribution in [1.82, 2.24) is 0 Å². The van der Waals surface area contributed by atoms with Crippen molar-refractivity contribution in [3.05, 3.63) is 106 Å². The molecule has 4 aromatic rings. The fourth-order valence-corrected chi connectivity index (χ4v) is 3.85. The highest BCUT2D eigenvalue weighted by Gasteiger charge is 2.21. The number of ketones is 1. The van der Waals surface area contributed by atoms with Crippen LogP contribution < -0.4 is 11.5 Å². The maximum Gasteiger partial charge on any atom is 0.194 e. The van der Waals surface area contributed by atoms with Crippen LogP contribution in [0.1, 0.15) is 15.9 Å². The number of nitrogen functional groups attached to an aromatic ring is 2. The van der Waals surface area contributed by atoms with Gasteiger partial charge in [-0.2, -0.15) is 0 Å². The molecule has 4 rings (SSSR count). The van der Waals surface area contributed by atoms with Crippen molar-refractivity contribution >= 4 is 40.4 Å². The van der Waals surface area contributed by atoms with Crippen LogP contribution in [-0.2, 0) is 0 Å². The van der Waals surface area contributed by atoms with E-state index < -0.39 is 0 Å². The molecule has 0 fully saturated rings. The summed E-state index contributed by atoms with van der Waals surface area (Å²) in [7, 11) is 0. The van der Waals surface area contributed by atoms with E-state index in [0.717, 1.165) is 11.1 Å². The predicted octanol–water partition coefficient (Wildman–Crippen LogP) is 6.72. The Morgan fingerprint density at radius 1 is 0.567 bits per heavy atom. The SMILES string of the molecule is Nc1ccccc1-c1cc(Cl)ccc1C(=O)c1ccc(Cl)cc1-c1ccccc1N. The molecule has 0 aliphatic carbocycles. The van der Waals surface area contributed by atoms with Gasteiger partial charge in [0.1, 0.15) is 0 Å². The number of anilines is 2. The number of carbonyl (C=O) groups excluding carboxylic acids is 1. The molecule has 0 spiro atoms. The molecule has 0 bridgehead atoms. The Labute approximate surface area is 184 Å². The van der Waals surface area contributed by atoms with E-state index in [-0.39, 0.29) is 5.78 Å². The summed E-state index contributed by atoms with van der Waals surface area (Å²) in [5.74, 6) is -0.167. The van der Waals surface area contributed by atoms with E-state index in [9.17, 15) is 4.79 Å². The highest BCUT2D eigenvalue weighted by atomic mass is 35.5. The number of benzene rings is 4. The van der Waals surface area contributed by atoms with E-state index in [0.29, 0.717) is 43.7 Å². The van der Waals surface area contributed by atoms with E-state index in [4.69, 9.17) is 34.7 Å². The second kappa shape index (κ2) is 8.23. The van der Waals surface area contributed by atoms with E-state index in [2.05, 4.69) is 0 Å². The lowest BCUT2D eigenvalue weighted by Gasteiger charge is -2.15. The van der Waals surface area contributed by atoms with Gasteiger partial charge in [0.15, 0.2) is 5.78 Å². The van der Waals surface area contributed by atoms with Crippen LogP contribution in [0, 0.1) is 0 Å². The Balaban J connectivity index is 1.93. The molecule has 0 atom stereocenters. The van der Waals surface area contributed by atoms with Crippen LogP contribution in [-0.4, -0.2) is 5.78 Å². The Hall–Kier alpha value is -3.27. The van der Waals surface area contributed by atoms with Crippen LogP contribution in [0.3, 0.4) is 0 Å². The van der Waals surface area contributed by atoms with Crippen molar-refractivity contribution in [3.63, 3.8) is 0 Å². The number of hydrogen-bond acceptors (Lipinski definition) is 3. The number of rotatable bonds is 4. The van der Waals surface area contributed by atoms with Crippen LogP contribution in [0.2, 0.25) is 10.0 Å². The molecular weight excluding hydrogens is 415 g/mol. The minimum Gasteiger partial charge on any atom is -0.398 e. The van der Waals surface area contributed by atoms with E-state index >= 15 is 0 Å². The van der Waals surface area contributed by atoms with E-state index in [1.165, 1.54) is 0 Å². The zero-order chi connectivity index (χ0) is 21.3. The maximum absolute atomic E-state index is 13.7. The van der Waals surface area contributed by atoms with Gasteiger partial charge in [-0.15, -0.1) is 0 Å². The van der Waals surface area contributed by atoms with Crippen LogP contribution in [0.4, 0.5) is 11.4 Å². The van der Waals surface area contributed by atoms with Crippen LogP contribution in [0.25, 0.3) is 22.3 Å². The molecule has 0 saturated carbocycles. The largest absolute Gasteiger partial charge is 0.398 e. The third-order valence-electron chi connectivity index (χ3n) is 4.95. The normalized spacial score (nSPS) is 10.7. The molecule has 0 amide bonds. The molecule has 0 radical (unpaired) electrons. The minimum absolute atomic E-state index is 0.167. The Morgan fingerprint density at radius 2 is 0.967 bits per heavy atom. The van der Waals surface area contributed by atoms with E-state index in [1.807, 2.05) is 36.4 Å². The first-order valence-corrected chi connectivity index (χ1v) is 10.0. The van der Waals surface area contributed by atoms with Crippen molar-refractivity contribution in [1.29, 1.82) is 0 Å². The zero-order valence-electron chi connectivity index (χ0n) is 15.9. The first-order valence-electron chi connectivity index (χ1n) is 9.29. The van der Waals surface area contributed by atoms with Crippen molar-refractivity contribution < 1.29 is 4.79 Å². The molecule has 0 saturated heterocycles. The number of para-hydroxylation sites is 2. The molecule has 30 heavy (non-hydrogen) atoms. The predicted molar refractivity (Wildman–Crippen MR) is 126 cm³/mol. The van der Waals surface area contributed by atoms with Gasteiger partial charge in [-0.05, 0) is 59.7 Å². The fraction of sp³-hybridized carbons (Fsp3) is 0. The molecule has 0 heterocycles. The first-order chi connectivity index (χ1) is 14.5. The van der Waals surface area contributed by atoms with Gasteiger partial charge in [0.25, 0.3) is 0 Å². The molecule has 0 aromatic heterocycles. The van der Waals surface area contributed by atoms with Crippen molar-refractivity contribution in [2.24, 2.45) is 0 Å². The lowest BCUT2D eigenvalue weighted by atomic mass is 9.89. The molecule has 0 aliphatic rings. The minimum atomic E-state index is -0.167. The third kappa shape index (κ3) is 3.78. The Bertz CT molecular complexity index is 1170. The van der Waals surface area contributed by atoms with Crippen molar-refractivity contribution in [2.45, 2.75) is 0 Å². The standard InChI is InChI=1S/C25H18Cl2N2O/c26-15-9-11-19(21(13-15)17-5-1-3-7-23(17)28)25(30)20-12-10-16(27)14-22(20)18-6-2-4-8-24(18)29/h1-14H,28-29H2. The third-order valence-corrected chi connectivity index (χ3v) is 5.42. The van der Waals surface area contributed by atoms with Gasteiger partial charge in [-0.25, -0.2) is 0 Å². The summed E-state index contributed by atoms with van der Waals surface area (Å²) < 4.78 is 0. The molecular formula is C25H18Cl2N2O. The van der Waals surface area contributed by atoms with Gasteiger partial charge >= 0.3 is 0 Å². The summed E-state index contributed by atoms with van der Waals surface area (Å²) in [4.78, 5) is 13.7. The van der Waals surface area contributed by atoms with Crippen molar-refractivity contribution in [3.8, 4) is 22.3 Å². The summed E-state index contributed by atoms with van der Waals surface area (Å²) in [6.45, 7) is 0. The molecule has 5 heteroatoms.